The average Bonchev–Trinajstić information content (AvgIpc) is 2.84. The van der Waals surface area contributed by atoms with E-state index in [0.29, 0.717) is 24.7 Å². The molecule has 2 aromatic rings. The van der Waals surface area contributed by atoms with Crippen LogP contribution in [-0.2, 0) is 19.7 Å². The van der Waals surface area contributed by atoms with Crippen LogP contribution in [0.3, 0.4) is 0 Å². The van der Waals surface area contributed by atoms with E-state index in [9.17, 15) is 22.4 Å². The normalized spacial score (nSPS) is 11.6. The van der Waals surface area contributed by atoms with Crippen molar-refractivity contribution in [2.45, 2.75) is 75.0 Å². The van der Waals surface area contributed by atoms with Crippen LogP contribution >= 0.6 is 0 Å². The summed E-state index contributed by atoms with van der Waals surface area (Å²) in [6.07, 6.45) is 8.32. The molecule has 0 N–H and O–H groups in total. The van der Waals surface area contributed by atoms with Gasteiger partial charge in [-0.2, -0.15) is 0 Å². The van der Waals surface area contributed by atoms with Crippen molar-refractivity contribution in [1.29, 1.82) is 0 Å². The predicted octanol–water partition coefficient (Wildman–Crippen LogP) is 5.44. The molecule has 0 aliphatic heterocycles. The molecule has 0 atom stereocenters. The van der Waals surface area contributed by atoms with Gasteiger partial charge in [0.1, 0.15) is 11.5 Å². The van der Waals surface area contributed by atoms with Gasteiger partial charge in [0.05, 0.1) is 23.0 Å². The van der Waals surface area contributed by atoms with Crippen molar-refractivity contribution in [3.8, 4) is 11.5 Å². The molecule has 0 fully saturated rings. The molecule has 10 heteroatoms. The van der Waals surface area contributed by atoms with Crippen molar-refractivity contribution in [2.75, 3.05) is 13.2 Å². The van der Waals surface area contributed by atoms with Gasteiger partial charge in [0, 0.05) is 0 Å². The zero-order chi connectivity index (χ0) is 25.7. The molecule has 192 valence electrons. The minimum absolute atomic E-state index is 0.320. The summed E-state index contributed by atoms with van der Waals surface area (Å²) >= 11 is 0. The quantitative estimate of drug-likeness (QED) is 0.107. The number of ether oxygens (including phenoxy) is 2. The number of benzene rings is 2. The summed E-state index contributed by atoms with van der Waals surface area (Å²) in [6, 6.07) is 10.7. The zero-order valence-electron chi connectivity index (χ0n) is 20.4. The zero-order valence-corrected chi connectivity index (χ0v) is 22.0. The summed E-state index contributed by atoms with van der Waals surface area (Å²) in [5.74, 6) is 0.937. The largest absolute Gasteiger partial charge is 0.504 e. The van der Waals surface area contributed by atoms with Gasteiger partial charge in [-0.3, -0.25) is 0 Å². The standard InChI is InChI=1S/C25H34N2O6S2/c1-3-5-7-9-19-32-21-11-15-23(16-12-21)34(28,29)25(27-26)35(30,31)24-17-13-22(14-18-24)33-20-10-8-6-4-2/h11-18H,3-10,19-20H2,1-2H3. The Morgan fingerprint density at radius 2 is 1.03 bits per heavy atom. The van der Waals surface area contributed by atoms with E-state index in [0.717, 1.165) is 51.4 Å². The molecule has 35 heavy (non-hydrogen) atoms. The van der Waals surface area contributed by atoms with E-state index < -0.39 is 24.1 Å². The van der Waals surface area contributed by atoms with E-state index in [1.54, 1.807) is 0 Å². The lowest BCUT2D eigenvalue weighted by Crippen LogP contribution is -2.26. The topological polar surface area (TPSA) is 123 Å². The molecule has 0 radical (unpaired) electrons. The molecule has 0 aliphatic rings. The van der Waals surface area contributed by atoms with E-state index in [1.807, 2.05) is 0 Å². The molecule has 0 aromatic heterocycles. The van der Waals surface area contributed by atoms with Crippen LogP contribution in [0.1, 0.15) is 65.2 Å². The number of unbranched alkanes of at least 4 members (excludes halogenated alkanes) is 6. The molecule has 0 saturated heterocycles. The SMILES string of the molecule is CCCCCCOc1ccc(S(=O)(=O)C(=[N+]=[N-])S(=O)(=O)c2ccc(OCCCCCC)cc2)cc1. The predicted molar refractivity (Wildman–Crippen MR) is 135 cm³/mol. The first-order valence-electron chi connectivity index (χ1n) is 11.9. The van der Waals surface area contributed by atoms with Crippen LogP contribution in [0.2, 0.25) is 0 Å². The lowest BCUT2D eigenvalue weighted by atomic mass is 10.2. The summed E-state index contributed by atoms with van der Waals surface area (Å²) in [5, 5.41) is 0. The van der Waals surface area contributed by atoms with E-state index in [-0.39, 0.29) is 9.79 Å². The molecule has 2 aromatic carbocycles. The maximum Gasteiger partial charge on any atom is 0.504 e. The van der Waals surface area contributed by atoms with Crippen molar-refractivity contribution in [3.63, 3.8) is 0 Å². The molecule has 2 rings (SSSR count). The lowest BCUT2D eigenvalue weighted by molar-refractivity contribution is 0.00380. The van der Waals surface area contributed by atoms with E-state index >= 15 is 0 Å². The maximum atomic E-state index is 13.0. The lowest BCUT2D eigenvalue weighted by Gasteiger charge is -2.08. The van der Waals surface area contributed by atoms with Gasteiger partial charge in [0.15, 0.2) is 0 Å². The number of rotatable bonds is 14. The van der Waals surface area contributed by atoms with Crippen LogP contribution in [0.15, 0.2) is 58.3 Å². The molecular formula is C25H34N2O6S2. The monoisotopic (exact) mass is 522 g/mol. The average molecular weight is 523 g/mol. The molecule has 0 saturated carbocycles. The van der Waals surface area contributed by atoms with Crippen molar-refractivity contribution >= 4 is 24.1 Å². The summed E-state index contributed by atoms with van der Waals surface area (Å²) in [4.78, 5) is 2.02. The smallest absolute Gasteiger partial charge is 0.494 e. The third-order valence-corrected chi connectivity index (χ3v) is 9.53. The third kappa shape index (κ3) is 8.19. The Morgan fingerprint density at radius 3 is 1.34 bits per heavy atom. The van der Waals surface area contributed by atoms with Gasteiger partial charge in [-0.05, 0) is 61.4 Å². The van der Waals surface area contributed by atoms with Gasteiger partial charge in [-0.1, -0.05) is 52.4 Å². The highest BCUT2D eigenvalue weighted by Gasteiger charge is 2.44. The molecule has 0 aliphatic carbocycles. The first kappa shape index (κ1) is 28.6. The fourth-order valence-corrected chi connectivity index (χ4v) is 6.66. The van der Waals surface area contributed by atoms with Gasteiger partial charge in [-0.25, -0.2) is 16.8 Å². The molecule has 8 nitrogen and oxygen atoms in total. The van der Waals surface area contributed by atoms with Crippen LogP contribution in [0.4, 0.5) is 0 Å². The molecule has 0 spiro atoms. The highest BCUT2D eigenvalue weighted by atomic mass is 32.3. The van der Waals surface area contributed by atoms with E-state index in [4.69, 9.17) is 9.47 Å². The number of sulfone groups is 2. The summed E-state index contributed by atoms with van der Waals surface area (Å²) in [7, 11) is -9.23. The maximum absolute atomic E-state index is 13.0. The second-order valence-corrected chi connectivity index (χ2v) is 12.1. The number of hydrogen-bond acceptors (Lipinski definition) is 6. The first-order valence-corrected chi connectivity index (χ1v) is 14.9. The Hall–Kier alpha value is -2.68. The Morgan fingerprint density at radius 1 is 0.657 bits per heavy atom. The summed E-state index contributed by atoms with van der Waals surface area (Å²) in [5.41, 5.74) is 9.38. The highest BCUT2D eigenvalue weighted by molar-refractivity contribution is 8.31. The second kappa shape index (κ2) is 14.0. The first-order chi connectivity index (χ1) is 16.8. The molecule has 0 amide bonds. The Labute approximate surface area is 208 Å². The number of hydrogen-bond donors (Lipinski definition) is 0. The molecule has 0 unspecified atom stereocenters. The Bertz CT molecular complexity index is 1100. The van der Waals surface area contributed by atoms with E-state index in [2.05, 4.69) is 18.6 Å². The van der Waals surface area contributed by atoms with Crippen molar-refractivity contribution in [1.82, 2.24) is 0 Å². The Balaban J connectivity index is 2.11. The number of nitrogens with zero attached hydrogens (tertiary/aromatic N) is 2. The second-order valence-electron chi connectivity index (χ2n) is 8.13. The van der Waals surface area contributed by atoms with Crippen molar-refractivity contribution < 1.29 is 31.1 Å². The molecular weight excluding hydrogens is 488 g/mol. The van der Waals surface area contributed by atoms with Crippen LogP contribution in [0, 0.1) is 0 Å². The van der Waals surface area contributed by atoms with Gasteiger partial charge in [0.2, 0.25) is 0 Å². The van der Waals surface area contributed by atoms with Gasteiger partial charge in [-0.15, -0.1) is 4.79 Å². The fraction of sp³-hybridized carbons (Fsp3) is 0.480. The Kier molecular flexibility index (Phi) is 11.4. The van der Waals surface area contributed by atoms with E-state index in [1.165, 1.54) is 48.5 Å². The van der Waals surface area contributed by atoms with Crippen LogP contribution in [-0.4, -0.2) is 39.2 Å². The summed E-state index contributed by atoms with van der Waals surface area (Å²) in [6.45, 7) is 5.23. The summed E-state index contributed by atoms with van der Waals surface area (Å²) < 4.78 is 61.8. The van der Waals surface area contributed by atoms with Crippen LogP contribution < -0.4 is 9.47 Å². The van der Waals surface area contributed by atoms with Crippen molar-refractivity contribution in [3.05, 3.63) is 54.1 Å². The fourth-order valence-electron chi connectivity index (χ4n) is 3.32. The highest BCUT2D eigenvalue weighted by Crippen LogP contribution is 2.24. The van der Waals surface area contributed by atoms with Crippen LogP contribution in [0.5, 0.6) is 11.5 Å². The van der Waals surface area contributed by atoms with Gasteiger partial charge < -0.3 is 15.0 Å². The molecule has 0 bridgehead atoms. The van der Waals surface area contributed by atoms with Gasteiger partial charge in [0.25, 0.3) is 19.7 Å². The van der Waals surface area contributed by atoms with Crippen LogP contribution in [0.25, 0.3) is 5.53 Å². The molecule has 0 heterocycles. The third-order valence-electron chi connectivity index (χ3n) is 5.34. The minimum atomic E-state index is -4.61. The minimum Gasteiger partial charge on any atom is -0.494 e. The van der Waals surface area contributed by atoms with Gasteiger partial charge >= 0.3 is 4.38 Å². The van der Waals surface area contributed by atoms with Crippen molar-refractivity contribution in [2.24, 2.45) is 0 Å².